The first-order valence-electron chi connectivity index (χ1n) is 5.54. The molecule has 0 saturated heterocycles. The summed E-state index contributed by atoms with van der Waals surface area (Å²) in [6.07, 6.45) is 2.63. The number of ether oxygens (including phenoxy) is 1. The molecule has 2 rings (SSSR count). The summed E-state index contributed by atoms with van der Waals surface area (Å²) in [6, 6.07) is 0.242. The lowest BCUT2D eigenvalue weighted by atomic mass is 10.5. The Labute approximate surface area is 108 Å². The molecule has 0 saturated carbocycles. The quantitative estimate of drug-likeness (QED) is 0.813. The van der Waals surface area contributed by atoms with Gasteiger partial charge in [0, 0.05) is 11.6 Å². The van der Waals surface area contributed by atoms with Crippen LogP contribution in [0.5, 0.6) is 6.01 Å². The second-order valence-corrected chi connectivity index (χ2v) is 4.41. The molecule has 0 fully saturated rings. The number of thiazole rings is 1. The number of aromatic nitrogens is 4. The van der Waals surface area contributed by atoms with Crippen LogP contribution in [0.15, 0.2) is 11.6 Å². The smallest absolute Gasteiger partial charge is 0.323 e. The van der Waals surface area contributed by atoms with E-state index in [-0.39, 0.29) is 12.0 Å². The third kappa shape index (κ3) is 3.52. The van der Waals surface area contributed by atoms with E-state index in [1.54, 1.807) is 17.5 Å². The Morgan fingerprint density at radius 2 is 2.28 bits per heavy atom. The molecule has 0 aromatic carbocycles. The van der Waals surface area contributed by atoms with Crippen LogP contribution in [0.2, 0.25) is 0 Å². The molecule has 0 aliphatic heterocycles. The highest BCUT2D eigenvalue weighted by molar-refractivity contribution is 7.09. The largest absolute Gasteiger partial charge is 0.463 e. The first kappa shape index (κ1) is 12.5. The van der Waals surface area contributed by atoms with Crippen LogP contribution in [-0.4, -0.2) is 26.5 Å². The Morgan fingerprint density at radius 1 is 1.39 bits per heavy atom. The van der Waals surface area contributed by atoms with E-state index in [2.05, 4.69) is 25.3 Å². The van der Waals surface area contributed by atoms with Gasteiger partial charge in [-0.05, 0) is 6.42 Å². The molecule has 0 unspecified atom stereocenters. The molecular formula is C10H14N6OS. The molecular weight excluding hydrogens is 252 g/mol. The van der Waals surface area contributed by atoms with Crippen molar-refractivity contribution in [2.24, 2.45) is 0 Å². The van der Waals surface area contributed by atoms with Crippen molar-refractivity contribution < 1.29 is 4.74 Å². The zero-order chi connectivity index (χ0) is 12.8. The average molecular weight is 266 g/mol. The van der Waals surface area contributed by atoms with E-state index >= 15 is 0 Å². The van der Waals surface area contributed by atoms with Crippen molar-refractivity contribution in [3.05, 3.63) is 16.6 Å². The Bertz CT molecular complexity index is 489. The topological polar surface area (TPSA) is 98.8 Å². The third-order valence-electron chi connectivity index (χ3n) is 1.95. The fourth-order valence-corrected chi connectivity index (χ4v) is 1.76. The van der Waals surface area contributed by atoms with E-state index in [0.717, 1.165) is 11.4 Å². The highest BCUT2D eigenvalue weighted by Crippen LogP contribution is 2.11. The molecule has 0 spiro atoms. The van der Waals surface area contributed by atoms with Crippen LogP contribution < -0.4 is 15.8 Å². The number of rotatable bonds is 6. The minimum atomic E-state index is 0.137. The Balaban J connectivity index is 2.00. The van der Waals surface area contributed by atoms with Crippen LogP contribution in [0, 0.1) is 0 Å². The molecule has 96 valence electrons. The first-order valence-corrected chi connectivity index (χ1v) is 6.42. The number of anilines is 2. The van der Waals surface area contributed by atoms with Crippen LogP contribution in [0.1, 0.15) is 18.4 Å². The number of nitrogens with one attached hydrogen (secondary N) is 1. The first-order chi connectivity index (χ1) is 8.78. The zero-order valence-corrected chi connectivity index (χ0v) is 10.8. The SMILES string of the molecule is CCCOc1nc(N)nc(NCc2nccs2)n1. The summed E-state index contributed by atoms with van der Waals surface area (Å²) in [4.78, 5) is 16.1. The van der Waals surface area contributed by atoms with Gasteiger partial charge in [0.05, 0.1) is 13.2 Å². The van der Waals surface area contributed by atoms with Gasteiger partial charge in [-0.1, -0.05) is 6.92 Å². The van der Waals surface area contributed by atoms with Gasteiger partial charge in [-0.25, -0.2) is 4.98 Å². The standard InChI is InChI=1S/C10H14N6OS/c1-2-4-17-10-15-8(11)14-9(16-10)13-6-7-12-3-5-18-7/h3,5H,2,4,6H2,1H3,(H3,11,13,14,15,16). The molecule has 2 aromatic rings. The maximum atomic E-state index is 5.58. The number of nitrogens with two attached hydrogens (primary N) is 1. The van der Waals surface area contributed by atoms with Crippen LogP contribution in [0.3, 0.4) is 0 Å². The van der Waals surface area contributed by atoms with Crippen molar-refractivity contribution in [2.45, 2.75) is 19.9 Å². The molecule has 2 aromatic heterocycles. The van der Waals surface area contributed by atoms with E-state index in [4.69, 9.17) is 10.5 Å². The van der Waals surface area contributed by atoms with Crippen LogP contribution >= 0.6 is 11.3 Å². The number of hydrogen-bond donors (Lipinski definition) is 2. The summed E-state index contributed by atoms with van der Waals surface area (Å²) < 4.78 is 5.32. The Kier molecular flexibility index (Phi) is 4.24. The molecule has 8 heteroatoms. The second-order valence-electron chi connectivity index (χ2n) is 3.43. The maximum Gasteiger partial charge on any atom is 0.323 e. The maximum absolute atomic E-state index is 5.58. The number of nitrogen functional groups attached to an aromatic ring is 1. The molecule has 7 nitrogen and oxygen atoms in total. The summed E-state index contributed by atoms with van der Waals surface area (Å²) in [6.45, 7) is 3.11. The predicted molar refractivity (Wildman–Crippen MR) is 69.5 cm³/mol. The molecule has 3 N–H and O–H groups in total. The van der Waals surface area contributed by atoms with Crippen molar-refractivity contribution in [3.8, 4) is 6.01 Å². The van der Waals surface area contributed by atoms with Crippen molar-refractivity contribution in [1.82, 2.24) is 19.9 Å². The summed E-state index contributed by atoms with van der Waals surface area (Å²) in [5.74, 6) is 0.529. The summed E-state index contributed by atoms with van der Waals surface area (Å²) in [5, 5.41) is 5.89. The fraction of sp³-hybridized carbons (Fsp3) is 0.400. The molecule has 18 heavy (non-hydrogen) atoms. The van der Waals surface area contributed by atoms with E-state index in [1.165, 1.54) is 0 Å². The minimum Gasteiger partial charge on any atom is -0.463 e. The van der Waals surface area contributed by atoms with Crippen molar-refractivity contribution in [2.75, 3.05) is 17.7 Å². The number of nitrogens with zero attached hydrogens (tertiary/aromatic N) is 4. The minimum absolute atomic E-state index is 0.137. The van der Waals surface area contributed by atoms with Gasteiger partial charge in [-0.3, -0.25) is 0 Å². The van der Waals surface area contributed by atoms with Gasteiger partial charge in [0.1, 0.15) is 5.01 Å². The predicted octanol–water partition coefficient (Wildman–Crippen LogP) is 1.31. The van der Waals surface area contributed by atoms with Crippen molar-refractivity contribution in [1.29, 1.82) is 0 Å². The van der Waals surface area contributed by atoms with E-state index in [1.807, 2.05) is 12.3 Å². The lowest BCUT2D eigenvalue weighted by Crippen LogP contribution is -2.09. The molecule has 0 bridgehead atoms. The Morgan fingerprint density at radius 3 is 3.00 bits per heavy atom. The summed E-state index contributed by atoms with van der Waals surface area (Å²) in [7, 11) is 0. The molecule has 0 radical (unpaired) electrons. The van der Waals surface area contributed by atoms with E-state index in [0.29, 0.717) is 19.1 Å². The molecule has 0 aliphatic carbocycles. The van der Waals surface area contributed by atoms with Crippen LogP contribution in [0.25, 0.3) is 0 Å². The lowest BCUT2D eigenvalue weighted by molar-refractivity contribution is 0.292. The third-order valence-corrected chi connectivity index (χ3v) is 2.73. The van der Waals surface area contributed by atoms with E-state index in [9.17, 15) is 0 Å². The van der Waals surface area contributed by atoms with Gasteiger partial charge in [0.15, 0.2) is 0 Å². The van der Waals surface area contributed by atoms with Crippen LogP contribution in [-0.2, 0) is 6.54 Å². The van der Waals surface area contributed by atoms with Crippen molar-refractivity contribution in [3.63, 3.8) is 0 Å². The van der Waals surface area contributed by atoms with Gasteiger partial charge < -0.3 is 15.8 Å². The second kappa shape index (κ2) is 6.10. The normalized spacial score (nSPS) is 10.3. The molecule has 0 aliphatic rings. The van der Waals surface area contributed by atoms with Gasteiger partial charge >= 0.3 is 6.01 Å². The van der Waals surface area contributed by atoms with Gasteiger partial charge in [0.2, 0.25) is 11.9 Å². The Hall–Kier alpha value is -1.96. The molecule has 2 heterocycles. The highest BCUT2D eigenvalue weighted by atomic mass is 32.1. The summed E-state index contributed by atoms with van der Waals surface area (Å²) in [5.41, 5.74) is 5.58. The molecule has 0 atom stereocenters. The lowest BCUT2D eigenvalue weighted by Gasteiger charge is -2.06. The van der Waals surface area contributed by atoms with Crippen molar-refractivity contribution >= 4 is 23.2 Å². The number of hydrogen-bond acceptors (Lipinski definition) is 8. The fourth-order valence-electron chi connectivity index (χ4n) is 1.20. The monoisotopic (exact) mass is 266 g/mol. The van der Waals surface area contributed by atoms with Gasteiger partial charge in [-0.2, -0.15) is 15.0 Å². The zero-order valence-electron chi connectivity index (χ0n) is 9.96. The van der Waals surface area contributed by atoms with Gasteiger partial charge in [-0.15, -0.1) is 11.3 Å². The molecule has 0 amide bonds. The summed E-state index contributed by atoms with van der Waals surface area (Å²) >= 11 is 1.56. The highest BCUT2D eigenvalue weighted by Gasteiger charge is 2.05. The van der Waals surface area contributed by atoms with Gasteiger partial charge in [0.25, 0.3) is 0 Å². The van der Waals surface area contributed by atoms with E-state index < -0.39 is 0 Å². The average Bonchev–Trinajstić information content (AvgIpc) is 2.86. The van der Waals surface area contributed by atoms with Crippen LogP contribution in [0.4, 0.5) is 11.9 Å².